The van der Waals surface area contributed by atoms with Gasteiger partial charge in [0.15, 0.2) is 5.82 Å². The molecule has 0 aliphatic rings. The topological polar surface area (TPSA) is 47.4 Å². The normalized spacial score (nSPS) is 10.8. The largest absolute Gasteiger partial charge is 0.491 e. The van der Waals surface area contributed by atoms with Crippen molar-refractivity contribution in [1.29, 1.82) is 0 Å². The third kappa shape index (κ3) is 4.14. The highest BCUT2D eigenvalue weighted by molar-refractivity contribution is 6.33. The highest BCUT2D eigenvalue weighted by atomic mass is 35.5. The van der Waals surface area contributed by atoms with Gasteiger partial charge in [-0.05, 0) is 30.7 Å². The maximum absolute atomic E-state index is 14.0. The summed E-state index contributed by atoms with van der Waals surface area (Å²) in [5.74, 6) is -0.869. The van der Waals surface area contributed by atoms with Crippen molar-refractivity contribution in [3.63, 3.8) is 0 Å². The summed E-state index contributed by atoms with van der Waals surface area (Å²) >= 11 is 6.20. The summed E-state index contributed by atoms with van der Waals surface area (Å²) in [6, 6.07) is 10.5. The van der Waals surface area contributed by atoms with Gasteiger partial charge in [0.1, 0.15) is 28.9 Å². The smallest absolute Gasteiger partial charge is 0.292 e. The van der Waals surface area contributed by atoms with Gasteiger partial charge in [-0.25, -0.2) is 8.78 Å². The summed E-state index contributed by atoms with van der Waals surface area (Å²) in [7, 11) is 1.74. The zero-order chi connectivity index (χ0) is 20.3. The maximum Gasteiger partial charge on any atom is 0.292 e. The van der Waals surface area contributed by atoms with Crippen molar-refractivity contribution >= 4 is 17.3 Å². The minimum absolute atomic E-state index is 0.114. The van der Waals surface area contributed by atoms with Crippen LogP contribution in [0.4, 0.5) is 14.5 Å². The lowest BCUT2D eigenvalue weighted by Gasteiger charge is -2.21. The molecule has 1 heterocycles. The molecule has 0 unspecified atom stereocenters. The Kier molecular flexibility index (Phi) is 5.94. The zero-order valence-electron chi connectivity index (χ0n) is 15.3. The molecule has 0 bridgehead atoms. The molecule has 3 aromatic rings. The van der Waals surface area contributed by atoms with Gasteiger partial charge in [0.2, 0.25) is 0 Å². The van der Waals surface area contributed by atoms with Crippen LogP contribution in [-0.4, -0.2) is 30.0 Å². The molecule has 3 rings (SSSR count). The van der Waals surface area contributed by atoms with Crippen LogP contribution < -0.4 is 15.2 Å². The van der Waals surface area contributed by atoms with Crippen LogP contribution in [-0.2, 0) is 0 Å². The van der Waals surface area contributed by atoms with Crippen molar-refractivity contribution in [2.24, 2.45) is 0 Å². The molecule has 146 valence electrons. The van der Waals surface area contributed by atoms with E-state index in [4.69, 9.17) is 16.3 Å². The van der Waals surface area contributed by atoms with E-state index < -0.39 is 17.2 Å². The first kappa shape index (κ1) is 19.8. The number of rotatable bonds is 6. The van der Waals surface area contributed by atoms with E-state index in [-0.39, 0.29) is 10.7 Å². The molecule has 1 aromatic heterocycles. The molecule has 0 saturated carbocycles. The van der Waals surface area contributed by atoms with Gasteiger partial charge in [-0.1, -0.05) is 29.8 Å². The number of aryl methyl sites for hydroxylation is 1. The Labute approximate surface area is 165 Å². The molecular formula is C20H18ClF2N3O2. The van der Waals surface area contributed by atoms with Crippen LogP contribution in [0.2, 0.25) is 5.02 Å². The Balaban J connectivity index is 1.76. The van der Waals surface area contributed by atoms with Gasteiger partial charge in [0.25, 0.3) is 5.56 Å². The highest BCUT2D eigenvalue weighted by Gasteiger charge is 2.16. The van der Waals surface area contributed by atoms with E-state index in [9.17, 15) is 13.6 Å². The second kappa shape index (κ2) is 8.39. The van der Waals surface area contributed by atoms with E-state index in [1.165, 1.54) is 6.20 Å². The molecule has 0 saturated heterocycles. The summed E-state index contributed by atoms with van der Waals surface area (Å²) in [5.41, 5.74) is 0.536. The number of halogens is 3. The lowest BCUT2D eigenvalue weighted by Crippen LogP contribution is -2.29. The Morgan fingerprint density at radius 3 is 2.68 bits per heavy atom. The SMILES string of the molecule is Cc1ccccc1OCCN(C)c1cnn(-c2ccc(F)cc2F)c(=O)c1Cl. The highest BCUT2D eigenvalue weighted by Crippen LogP contribution is 2.22. The molecule has 0 aliphatic heterocycles. The van der Waals surface area contributed by atoms with Crippen molar-refractivity contribution in [2.45, 2.75) is 6.92 Å². The van der Waals surface area contributed by atoms with E-state index in [2.05, 4.69) is 5.10 Å². The summed E-state index contributed by atoms with van der Waals surface area (Å²) in [5, 5.41) is 3.86. The number of hydrogen-bond donors (Lipinski definition) is 0. The number of para-hydroxylation sites is 1. The minimum Gasteiger partial charge on any atom is -0.491 e. The monoisotopic (exact) mass is 405 g/mol. The Hall–Kier alpha value is -2.93. The third-order valence-electron chi connectivity index (χ3n) is 4.23. The number of aromatic nitrogens is 2. The number of nitrogens with zero attached hydrogens (tertiary/aromatic N) is 3. The van der Waals surface area contributed by atoms with E-state index in [0.717, 1.165) is 28.1 Å². The van der Waals surface area contributed by atoms with E-state index in [0.29, 0.717) is 24.9 Å². The Morgan fingerprint density at radius 2 is 1.96 bits per heavy atom. The van der Waals surface area contributed by atoms with Gasteiger partial charge < -0.3 is 9.64 Å². The molecule has 0 amide bonds. The quantitative estimate of drug-likeness (QED) is 0.622. The number of ether oxygens (including phenoxy) is 1. The molecule has 8 heteroatoms. The van der Waals surface area contributed by atoms with Crippen molar-refractivity contribution in [3.05, 3.63) is 81.2 Å². The van der Waals surface area contributed by atoms with E-state index in [1.807, 2.05) is 31.2 Å². The fourth-order valence-electron chi connectivity index (χ4n) is 2.65. The number of anilines is 1. The minimum atomic E-state index is -0.904. The average molecular weight is 406 g/mol. The lowest BCUT2D eigenvalue weighted by atomic mass is 10.2. The lowest BCUT2D eigenvalue weighted by molar-refractivity contribution is 0.324. The van der Waals surface area contributed by atoms with Crippen molar-refractivity contribution in [1.82, 2.24) is 9.78 Å². The molecule has 0 aliphatic carbocycles. The molecular weight excluding hydrogens is 388 g/mol. The van der Waals surface area contributed by atoms with Gasteiger partial charge in [-0.3, -0.25) is 4.79 Å². The Bertz CT molecular complexity index is 1060. The maximum atomic E-state index is 14.0. The molecule has 28 heavy (non-hydrogen) atoms. The molecule has 0 N–H and O–H groups in total. The summed E-state index contributed by atoms with van der Waals surface area (Å²) in [4.78, 5) is 14.2. The van der Waals surface area contributed by atoms with Crippen LogP contribution in [0.3, 0.4) is 0 Å². The predicted molar refractivity (Wildman–Crippen MR) is 105 cm³/mol. The van der Waals surface area contributed by atoms with Crippen LogP contribution in [0, 0.1) is 18.6 Å². The second-order valence-electron chi connectivity index (χ2n) is 6.19. The summed E-state index contributed by atoms with van der Waals surface area (Å²) in [6.07, 6.45) is 1.36. The molecule has 2 aromatic carbocycles. The standard InChI is InChI=1S/C20H18ClF2N3O2/c1-13-5-3-4-6-18(13)28-10-9-25(2)17-12-24-26(20(27)19(17)21)16-8-7-14(22)11-15(16)23/h3-8,11-12H,9-10H2,1-2H3. The van der Waals surface area contributed by atoms with Crippen LogP contribution in [0.25, 0.3) is 5.69 Å². The zero-order valence-corrected chi connectivity index (χ0v) is 16.1. The first-order chi connectivity index (χ1) is 13.4. The van der Waals surface area contributed by atoms with Gasteiger partial charge in [0.05, 0.1) is 18.4 Å². The fourth-order valence-corrected chi connectivity index (χ4v) is 2.92. The first-order valence-corrected chi connectivity index (χ1v) is 8.89. The summed E-state index contributed by atoms with van der Waals surface area (Å²) in [6.45, 7) is 2.77. The molecule has 0 fully saturated rings. The molecule has 0 atom stereocenters. The molecule has 0 spiro atoms. The number of hydrogen-bond acceptors (Lipinski definition) is 4. The van der Waals surface area contributed by atoms with Crippen LogP contribution >= 0.6 is 11.6 Å². The van der Waals surface area contributed by atoms with Gasteiger partial charge >= 0.3 is 0 Å². The predicted octanol–water partition coefficient (Wildman–Crippen LogP) is 3.99. The van der Waals surface area contributed by atoms with Gasteiger partial charge in [-0.15, -0.1) is 0 Å². The van der Waals surface area contributed by atoms with E-state index in [1.54, 1.807) is 11.9 Å². The first-order valence-electron chi connectivity index (χ1n) is 8.51. The van der Waals surface area contributed by atoms with Crippen LogP contribution in [0.15, 0.2) is 53.5 Å². The van der Waals surface area contributed by atoms with Crippen LogP contribution in [0.1, 0.15) is 5.56 Å². The van der Waals surface area contributed by atoms with E-state index >= 15 is 0 Å². The second-order valence-corrected chi connectivity index (χ2v) is 6.57. The van der Waals surface area contributed by atoms with Gasteiger partial charge in [-0.2, -0.15) is 9.78 Å². The molecule has 0 radical (unpaired) electrons. The molecule has 5 nitrogen and oxygen atoms in total. The van der Waals surface area contributed by atoms with Crippen molar-refractivity contribution in [2.75, 3.05) is 25.1 Å². The van der Waals surface area contributed by atoms with Gasteiger partial charge in [0, 0.05) is 13.1 Å². The fraction of sp³-hybridized carbons (Fsp3) is 0.200. The third-order valence-corrected chi connectivity index (χ3v) is 4.58. The van der Waals surface area contributed by atoms with Crippen LogP contribution in [0.5, 0.6) is 5.75 Å². The number of likely N-dealkylation sites (N-methyl/N-ethyl adjacent to an activating group) is 1. The van der Waals surface area contributed by atoms with Crippen molar-refractivity contribution < 1.29 is 13.5 Å². The Morgan fingerprint density at radius 1 is 1.21 bits per heavy atom. The van der Waals surface area contributed by atoms with Crippen molar-refractivity contribution in [3.8, 4) is 11.4 Å². The average Bonchev–Trinajstić information content (AvgIpc) is 2.66. The number of benzene rings is 2. The summed E-state index contributed by atoms with van der Waals surface area (Å²) < 4.78 is 33.6.